The summed E-state index contributed by atoms with van der Waals surface area (Å²) in [7, 11) is 3.47. The molecule has 0 aromatic heterocycles. The first-order valence-electron chi connectivity index (χ1n) is 7.71. The van der Waals surface area contributed by atoms with E-state index in [9.17, 15) is 4.79 Å². The Bertz CT molecular complexity index is 852. The molecule has 1 amide bonds. The Morgan fingerprint density at radius 3 is 2.48 bits per heavy atom. The van der Waals surface area contributed by atoms with Gasteiger partial charge in [-0.15, -0.1) is 0 Å². The zero-order chi connectivity index (χ0) is 18.0. The Morgan fingerprint density at radius 2 is 1.84 bits per heavy atom. The van der Waals surface area contributed by atoms with Crippen LogP contribution in [-0.4, -0.2) is 34.9 Å². The van der Waals surface area contributed by atoms with Crippen molar-refractivity contribution >= 4 is 45.2 Å². The molecule has 4 nitrogen and oxygen atoms in total. The van der Waals surface area contributed by atoms with Gasteiger partial charge in [-0.25, -0.2) is 0 Å². The Morgan fingerprint density at radius 1 is 1.12 bits per heavy atom. The summed E-state index contributed by atoms with van der Waals surface area (Å²) in [6.07, 6.45) is 1.81. The van der Waals surface area contributed by atoms with E-state index in [0.717, 1.165) is 15.6 Å². The van der Waals surface area contributed by atoms with Crippen molar-refractivity contribution in [2.75, 3.05) is 14.1 Å². The molecule has 1 fully saturated rings. The van der Waals surface area contributed by atoms with Crippen LogP contribution in [0.2, 0.25) is 0 Å². The summed E-state index contributed by atoms with van der Waals surface area (Å²) in [6.45, 7) is 0.459. The van der Waals surface area contributed by atoms with Gasteiger partial charge < -0.3 is 9.64 Å². The molecular formula is C19H17BrN2O2S. The highest BCUT2D eigenvalue weighted by molar-refractivity contribution is 9.10. The minimum Gasteiger partial charge on any atom is -0.488 e. The summed E-state index contributed by atoms with van der Waals surface area (Å²) in [6, 6.07) is 15.7. The molecule has 0 unspecified atom stereocenters. The van der Waals surface area contributed by atoms with Gasteiger partial charge in [-0.3, -0.25) is 9.69 Å². The summed E-state index contributed by atoms with van der Waals surface area (Å²) in [5.74, 6) is 0.586. The van der Waals surface area contributed by atoms with E-state index in [4.69, 9.17) is 17.0 Å². The molecule has 2 aromatic rings. The quantitative estimate of drug-likeness (QED) is 0.555. The first-order chi connectivity index (χ1) is 12.0. The maximum absolute atomic E-state index is 12.4. The number of amides is 1. The number of nitrogens with zero attached hydrogens (tertiary/aromatic N) is 2. The van der Waals surface area contributed by atoms with Crippen LogP contribution in [0.3, 0.4) is 0 Å². The molecule has 25 heavy (non-hydrogen) atoms. The second-order valence-electron chi connectivity index (χ2n) is 5.69. The molecule has 0 N–H and O–H groups in total. The zero-order valence-corrected chi connectivity index (χ0v) is 16.3. The van der Waals surface area contributed by atoms with Crippen LogP contribution in [0.25, 0.3) is 6.08 Å². The minimum atomic E-state index is -0.124. The predicted octanol–water partition coefficient (Wildman–Crippen LogP) is 4.06. The second-order valence-corrected chi connectivity index (χ2v) is 6.97. The molecule has 0 aliphatic carbocycles. The number of benzene rings is 2. The van der Waals surface area contributed by atoms with Crippen LogP contribution in [0, 0.1) is 0 Å². The first-order valence-corrected chi connectivity index (χ1v) is 8.91. The van der Waals surface area contributed by atoms with Gasteiger partial charge in [-0.05, 0) is 42.1 Å². The molecule has 0 atom stereocenters. The highest BCUT2D eigenvalue weighted by atomic mass is 79.9. The van der Waals surface area contributed by atoms with Crippen molar-refractivity contribution in [1.82, 2.24) is 9.80 Å². The number of rotatable bonds is 4. The van der Waals surface area contributed by atoms with Gasteiger partial charge in [0.15, 0.2) is 5.11 Å². The van der Waals surface area contributed by atoms with Crippen LogP contribution in [-0.2, 0) is 11.4 Å². The smallest absolute Gasteiger partial charge is 0.276 e. The average Bonchev–Trinajstić information content (AvgIpc) is 2.80. The number of ether oxygens (including phenoxy) is 1. The Balaban J connectivity index is 1.91. The number of likely N-dealkylation sites (N-methyl/N-ethyl adjacent to an activating group) is 2. The maximum atomic E-state index is 12.4. The van der Waals surface area contributed by atoms with E-state index >= 15 is 0 Å². The van der Waals surface area contributed by atoms with Crippen molar-refractivity contribution in [1.29, 1.82) is 0 Å². The lowest BCUT2D eigenvalue weighted by atomic mass is 10.1. The Labute approximate surface area is 160 Å². The summed E-state index contributed by atoms with van der Waals surface area (Å²) >= 11 is 8.73. The van der Waals surface area contributed by atoms with Crippen LogP contribution >= 0.6 is 28.1 Å². The predicted molar refractivity (Wildman–Crippen MR) is 106 cm³/mol. The molecule has 0 bridgehead atoms. The number of thiocarbonyl (C=S) groups is 1. The zero-order valence-electron chi connectivity index (χ0n) is 13.9. The van der Waals surface area contributed by atoms with Crippen molar-refractivity contribution in [2.45, 2.75) is 6.61 Å². The lowest BCUT2D eigenvalue weighted by Gasteiger charge is -2.13. The van der Waals surface area contributed by atoms with Crippen LogP contribution in [0.15, 0.2) is 58.7 Å². The van der Waals surface area contributed by atoms with E-state index in [1.54, 1.807) is 19.0 Å². The molecular weight excluding hydrogens is 400 g/mol. The number of halogens is 1. The minimum absolute atomic E-state index is 0.124. The van der Waals surface area contributed by atoms with Crippen molar-refractivity contribution in [3.8, 4) is 5.75 Å². The topological polar surface area (TPSA) is 32.8 Å². The molecule has 1 saturated heterocycles. The fourth-order valence-electron chi connectivity index (χ4n) is 2.53. The third-order valence-corrected chi connectivity index (χ3v) is 5.00. The number of hydrogen-bond acceptors (Lipinski definition) is 3. The largest absolute Gasteiger partial charge is 0.488 e. The average molecular weight is 417 g/mol. The van der Waals surface area contributed by atoms with Crippen LogP contribution in [0.5, 0.6) is 5.75 Å². The lowest BCUT2D eigenvalue weighted by molar-refractivity contribution is -0.121. The van der Waals surface area contributed by atoms with Gasteiger partial charge in [0.1, 0.15) is 18.1 Å². The first kappa shape index (κ1) is 17.6. The van der Waals surface area contributed by atoms with Gasteiger partial charge in [-0.2, -0.15) is 0 Å². The van der Waals surface area contributed by atoms with Gasteiger partial charge >= 0.3 is 0 Å². The van der Waals surface area contributed by atoms with Gasteiger partial charge in [0.25, 0.3) is 5.91 Å². The fourth-order valence-corrected chi connectivity index (χ4v) is 3.09. The summed E-state index contributed by atoms with van der Waals surface area (Å²) in [5, 5.41) is 0.484. The highest BCUT2D eigenvalue weighted by Crippen LogP contribution is 2.29. The van der Waals surface area contributed by atoms with Crippen molar-refractivity contribution < 1.29 is 9.53 Å². The monoisotopic (exact) mass is 416 g/mol. The molecule has 0 saturated carbocycles. The van der Waals surface area contributed by atoms with Crippen molar-refractivity contribution in [2.24, 2.45) is 0 Å². The van der Waals surface area contributed by atoms with E-state index < -0.39 is 0 Å². The standard InChI is InChI=1S/C19H17BrN2O2S/c1-21-16(18(23)22(2)19(21)25)11-14-10-15(20)8-9-17(14)24-12-13-6-4-3-5-7-13/h3-11H,12H2,1-2H3. The maximum Gasteiger partial charge on any atom is 0.276 e. The van der Waals surface area contributed by atoms with Crippen molar-refractivity contribution in [3.63, 3.8) is 0 Å². The summed E-state index contributed by atoms with van der Waals surface area (Å²) in [5.41, 5.74) is 2.42. The normalized spacial score (nSPS) is 16.0. The molecule has 0 spiro atoms. The molecule has 128 valence electrons. The molecule has 3 rings (SSSR count). The van der Waals surface area contributed by atoms with Crippen LogP contribution in [0.4, 0.5) is 0 Å². The number of carbonyl (C=O) groups excluding carboxylic acids is 1. The second kappa shape index (κ2) is 7.37. The van der Waals surface area contributed by atoms with Gasteiger partial charge in [-0.1, -0.05) is 46.3 Å². The molecule has 1 heterocycles. The molecule has 2 aromatic carbocycles. The van der Waals surface area contributed by atoms with E-state index in [0.29, 0.717) is 23.2 Å². The molecule has 0 radical (unpaired) electrons. The third kappa shape index (κ3) is 3.75. The van der Waals surface area contributed by atoms with Crippen LogP contribution < -0.4 is 4.74 Å². The number of carbonyl (C=O) groups is 1. The Kier molecular flexibility index (Phi) is 5.20. The van der Waals surface area contributed by atoms with Gasteiger partial charge in [0.05, 0.1) is 0 Å². The molecule has 1 aliphatic heterocycles. The van der Waals surface area contributed by atoms with E-state index in [-0.39, 0.29) is 5.91 Å². The van der Waals surface area contributed by atoms with Gasteiger partial charge in [0, 0.05) is 24.1 Å². The van der Waals surface area contributed by atoms with Crippen LogP contribution in [0.1, 0.15) is 11.1 Å². The third-order valence-electron chi connectivity index (χ3n) is 3.96. The summed E-state index contributed by atoms with van der Waals surface area (Å²) in [4.78, 5) is 15.6. The van der Waals surface area contributed by atoms with E-state index in [1.807, 2.05) is 54.6 Å². The molecule has 1 aliphatic rings. The fraction of sp³-hybridized carbons (Fsp3) is 0.158. The highest BCUT2D eigenvalue weighted by Gasteiger charge is 2.32. The van der Waals surface area contributed by atoms with Gasteiger partial charge in [0.2, 0.25) is 0 Å². The number of hydrogen-bond donors (Lipinski definition) is 0. The Hall–Kier alpha value is -2.18. The SMILES string of the molecule is CN1C(=O)C(=Cc2cc(Br)ccc2OCc2ccccc2)N(C)C1=S. The molecule has 6 heteroatoms. The van der Waals surface area contributed by atoms with Crippen molar-refractivity contribution in [3.05, 3.63) is 69.8 Å². The summed E-state index contributed by atoms with van der Waals surface area (Å²) < 4.78 is 6.88. The van der Waals surface area contributed by atoms with E-state index in [2.05, 4.69) is 15.9 Å². The lowest BCUT2D eigenvalue weighted by Crippen LogP contribution is -2.26. The van der Waals surface area contributed by atoms with E-state index in [1.165, 1.54) is 4.90 Å².